The molecule has 2 N–H and O–H groups in total. The summed E-state index contributed by atoms with van der Waals surface area (Å²) in [4.78, 5) is 11.9. The minimum atomic E-state index is -0.449. The highest BCUT2D eigenvalue weighted by Gasteiger charge is 2.09. The van der Waals surface area contributed by atoms with Gasteiger partial charge >= 0.3 is 5.97 Å². The molecular formula is C14H10BrCl2NO2. The largest absolute Gasteiger partial charge is 0.457 e. The van der Waals surface area contributed by atoms with Gasteiger partial charge in [0.1, 0.15) is 6.61 Å². The van der Waals surface area contributed by atoms with Gasteiger partial charge < -0.3 is 10.5 Å². The summed E-state index contributed by atoms with van der Waals surface area (Å²) >= 11 is 15.0. The SMILES string of the molecule is Nc1cc(C(=O)OCc2ccc(Cl)c(Cl)c2)ccc1Br. The fraction of sp³-hybridized carbons (Fsp3) is 0.0714. The Bertz CT molecular complexity index is 662. The molecule has 0 aromatic heterocycles. The summed E-state index contributed by atoms with van der Waals surface area (Å²) in [5.74, 6) is -0.449. The molecule has 2 aromatic carbocycles. The van der Waals surface area contributed by atoms with Crippen molar-refractivity contribution in [3.05, 3.63) is 62.0 Å². The van der Waals surface area contributed by atoms with Gasteiger partial charge in [-0.05, 0) is 51.8 Å². The molecule has 0 aliphatic heterocycles. The fourth-order valence-corrected chi connectivity index (χ4v) is 2.10. The van der Waals surface area contributed by atoms with E-state index in [-0.39, 0.29) is 6.61 Å². The van der Waals surface area contributed by atoms with Gasteiger partial charge in [0.05, 0.1) is 15.6 Å². The molecule has 0 saturated carbocycles. The van der Waals surface area contributed by atoms with Gasteiger partial charge in [-0.25, -0.2) is 4.79 Å². The van der Waals surface area contributed by atoms with Crippen LogP contribution in [0, 0.1) is 0 Å². The Labute approximate surface area is 134 Å². The lowest BCUT2D eigenvalue weighted by atomic mass is 10.2. The number of rotatable bonds is 3. The number of ether oxygens (including phenoxy) is 1. The highest BCUT2D eigenvalue weighted by atomic mass is 79.9. The van der Waals surface area contributed by atoms with Gasteiger partial charge in [-0.2, -0.15) is 0 Å². The molecule has 0 saturated heterocycles. The molecule has 0 spiro atoms. The van der Waals surface area contributed by atoms with Crippen molar-refractivity contribution in [3.63, 3.8) is 0 Å². The summed E-state index contributed by atoms with van der Waals surface area (Å²) in [5, 5.41) is 0.885. The highest BCUT2D eigenvalue weighted by molar-refractivity contribution is 9.10. The van der Waals surface area contributed by atoms with Crippen LogP contribution in [0.25, 0.3) is 0 Å². The van der Waals surface area contributed by atoms with Crippen molar-refractivity contribution < 1.29 is 9.53 Å². The minimum absolute atomic E-state index is 0.117. The average molecular weight is 375 g/mol. The normalized spacial score (nSPS) is 10.3. The predicted octanol–water partition coefficient (Wildman–Crippen LogP) is 4.70. The minimum Gasteiger partial charge on any atom is -0.457 e. The first-order valence-corrected chi connectivity index (χ1v) is 7.18. The third-order valence-electron chi connectivity index (χ3n) is 2.59. The van der Waals surface area contributed by atoms with Gasteiger partial charge in [0.2, 0.25) is 0 Å². The van der Waals surface area contributed by atoms with E-state index in [0.717, 1.165) is 10.0 Å². The van der Waals surface area contributed by atoms with Crippen LogP contribution in [0.1, 0.15) is 15.9 Å². The van der Waals surface area contributed by atoms with E-state index in [1.165, 1.54) is 0 Å². The van der Waals surface area contributed by atoms with Gasteiger partial charge in [0.25, 0.3) is 0 Å². The quantitative estimate of drug-likeness (QED) is 0.626. The topological polar surface area (TPSA) is 52.3 Å². The molecule has 20 heavy (non-hydrogen) atoms. The number of halogens is 3. The zero-order valence-electron chi connectivity index (χ0n) is 10.2. The van der Waals surface area contributed by atoms with E-state index in [4.69, 9.17) is 33.7 Å². The van der Waals surface area contributed by atoms with E-state index in [1.807, 2.05) is 0 Å². The smallest absolute Gasteiger partial charge is 0.338 e. The molecule has 0 aliphatic carbocycles. The second-order valence-corrected chi connectivity index (χ2v) is 5.73. The number of hydrogen-bond acceptors (Lipinski definition) is 3. The van der Waals surface area contributed by atoms with Crippen LogP contribution in [0.3, 0.4) is 0 Å². The van der Waals surface area contributed by atoms with E-state index in [0.29, 0.717) is 21.3 Å². The maximum Gasteiger partial charge on any atom is 0.338 e. The first kappa shape index (κ1) is 15.2. The van der Waals surface area contributed by atoms with Gasteiger partial charge in [-0.1, -0.05) is 29.3 Å². The summed E-state index contributed by atoms with van der Waals surface area (Å²) in [5.41, 5.74) is 7.35. The van der Waals surface area contributed by atoms with Crippen LogP contribution in [0.2, 0.25) is 10.0 Å². The van der Waals surface area contributed by atoms with Crippen LogP contribution in [-0.2, 0) is 11.3 Å². The van der Waals surface area contributed by atoms with Crippen LogP contribution in [-0.4, -0.2) is 5.97 Å². The molecule has 0 radical (unpaired) electrons. The van der Waals surface area contributed by atoms with Crippen molar-refractivity contribution in [1.29, 1.82) is 0 Å². The van der Waals surface area contributed by atoms with Crippen LogP contribution >= 0.6 is 39.1 Å². The maximum atomic E-state index is 11.9. The third kappa shape index (κ3) is 3.66. The summed E-state index contributed by atoms with van der Waals surface area (Å²) in [6.45, 7) is 0.117. The number of nitrogen functional groups attached to an aromatic ring is 1. The van der Waals surface area contributed by atoms with Crippen molar-refractivity contribution in [2.75, 3.05) is 5.73 Å². The number of carbonyl (C=O) groups is 1. The molecular weight excluding hydrogens is 365 g/mol. The van der Waals surface area contributed by atoms with E-state index in [1.54, 1.807) is 36.4 Å². The van der Waals surface area contributed by atoms with Crippen LogP contribution in [0.4, 0.5) is 5.69 Å². The van der Waals surface area contributed by atoms with Gasteiger partial charge in [0, 0.05) is 10.2 Å². The number of esters is 1. The zero-order chi connectivity index (χ0) is 14.7. The Morgan fingerprint density at radius 3 is 2.55 bits per heavy atom. The Hall–Kier alpha value is -1.23. The van der Waals surface area contributed by atoms with Gasteiger partial charge in [-0.3, -0.25) is 0 Å². The second kappa shape index (κ2) is 6.48. The molecule has 2 rings (SSSR count). The van der Waals surface area contributed by atoms with Crippen molar-refractivity contribution in [3.8, 4) is 0 Å². The van der Waals surface area contributed by atoms with Crippen molar-refractivity contribution >= 4 is 50.8 Å². The van der Waals surface area contributed by atoms with E-state index in [9.17, 15) is 4.79 Å². The maximum absolute atomic E-state index is 11.9. The van der Waals surface area contributed by atoms with Crippen molar-refractivity contribution in [2.45, 2.75) is 6.61 Å². The molecule has 0 amide bonds. The first-order chi connectivity index (χ1) is 9.47. The molecule has 6 heteroatoms. The van der Waals surface area contributed by atoms with Crippen molar-refractivity contribution in [2.24, 2.45) is 0 Å². The number of nitrogens with two attached hydrogens (primary N) is 1. The van der Waals surface area contributed by atoms with E-state index < -0.39 is 5.97 Å². The summed E-state index contributed by atoms with van der Waals surface area (Å²) in [7, 11) is 0. The first-order valence-electron chi connectivity index (χ1n) is 5.63. The molecule has 0 unspecified atom stereocenters. The lowest BCUT2D eigenvalue weighted by Gasteiger charge is -2.07. The number of carbonyl (C=O) groups excluding carboxylic acids is 1. The zero-order valence-corrected chi connectivity index (χ0v) is 13.3. The Balaban J connectivity index is 2.04. The van der Waals surface area contributed by atoms with Crippen LogP contribution in [0.5, 0.6) is 0 Å². The molecule has 3 nitrogen and oxygen atoms in total. The number of hydrogen-bond donors (Lipinski definition) is 1. The molecule has 0 atom stereocenters. The molecule has 0 heterocycles. The Kier molecular flexibility index (Phi) is 4.91. The summed E-state index contributed by atoms with van der Waals surface area (Å²) in [6, 6.07) is 9.96. The lowest BCUT2D eigenvalue weighted by molar-refractivity contribution is 0.0473. The van der Waals surface area contributed by atoms with E-state index >= 15 is 0 Å². The van der Waals surface area contributed by atoms with Crippen LogP contribution < -0.4 is 5.73 Å². The monoisotopic (exact) mass is 373 g/mol. The lowest BCUT2D eigenvalue weighted by Crippen LogP contribution is -2.06. The molecule has 104 valence electrons. The summed E-state index contributed by atoms with van der Waals surface area (Å²) in [6.07, 6.45) is 0. The van der Waals surface area contributed by atoms with Gasteiger partial charge in [-0.15, -0.1) is 0 Å². The second-order valence-electron chi connectivity index (χ2n) is 4.06. The van der Waals surface area contributed by atoms with Gasteiger partial charge in [0.15, 0.2) is 0 Å². The van der Waals surface area contributed by atoms with Crippen molar-refractivity contribution in [1.82, 2.24) is 0 Å². The standard InChI is InChI=1S/C14H10BrCl2NO2/c15-10-3-2-9(6-13(10)18)14(19)20-7-8-1-4-11(16)12(17)5-8/h1-6H,7,18H2. The number of anilines is 1. The molecule has 0 bridgehead atoms. The Morgan fingerprint density at radius 2 is 1.90 bits per heavy atom. The molecule has 2 aromatic rings. The fourth-order valence-electron chi connectivity index (χ4n) is 1.53. The number of benzene rings is 2. The average Bonchev–Trinajstić information content (AvgIpc) is 2.43. The predicted molar refractivity (Wildman–Crippen MR) is 84.1 cm³/mol. The van der Waals surface area contributed by atoms with E-state index in [2.05, 4.69) is 15.9 Å². The third-order valence-corrected chi connectivity index (χ3v) is 4.05. The molecule has 0 fully saturated rings. The van der Waals surface area contributed by atoms with Crippen LogP contribution in [0.15, 0.2) is 40.9 Å². The molecule has 0 aliphatic rings. The Morgan fingerprint density at radius 1 is 1.15 bits per heavy atom. The highest BCUT2D eigenvalue weighted by Crippen LogP contribution is 2.24. The summed E-state index contributed by atoms with van der Waals surface area (Å²) < 4.78 is 5.93.